The second kappa shape index (κ2) is 6.42. The maximum atomic E-state index is 12.3. The van der Waals surface area contributed by atoms with E-state index in [4.69, 9.17) is 11.6 Å². The van der Waals surface area contributed by atoms with Crippen LogP contribution in [-0.2, 0) is 17.1 Å². The van der Waals surface area contributed by atoms with Crippen molar-refractivity contribution in [3.63, 3.8) is 0 Å². The summed E-state index contributed by atoms with van der Waals surface area (Å²) in [4.78, 5) is 3.83. The summed E-state index contributed by atoms with van der Waals surface area (Å²) in [5.41, 5.74) is 0.535. The lowest BCUT2D eigenvalue weighted by Crippen LogP contribution is -2.16. The van der Waals surface area contributed by atoms with Crippen LogP contribution in [0.25, 0.3) is 0 Å². The van der Waals surface area contributed by atoms with Gasteiger partial charge in [0.05, 0.1) is 12.0 Å². The summed E-state index contributed by atoms with van der Waals surface area (Å²) in [5, 5.41) is -0.0974. The monoisotopic (exact) mass is 649 g/mol. The molecule has 0 radical (unpaired) electrons. The van der Waals surface area contributed by atoms with E-state index in [-0.39, 0.29) is 10.2 Å². The van der Waals surface area contributed by atoms with Gasteiger partial charge in [-0.2, -0.15) is 8.42 Å². The molecule has 2 rings (SSSR count). The Hall–Kier alpha value is 0.660. The summed E-state index contributed by atoms with van der Waals surface area (Å²) in [6, 6.07) is 3.78. The minimum atomic E-state index is -3.81. The Kier molecular flexibility index (Phi) is 5.46. The topological polar surface area (TPSA) is 64.0 Å². The first-order valence-corrected chi connectivity index (χ1v) is 10.2. The van der Waals surface area contributed by atoms with Gasteiger partial charge in [-0.05, 0) is 79.9 Å². The molecule has 1 N–H and O–H groups in total. The highest BCUT2D eigenvalue weighted by Crippen LogP contribution is 2.30. The van der Waals surface area contributed by atoms with Crippen LogP contribution in [0.3, 0.4) is 0 Å². The molecule has 0 saturated heterocycles. The normalized spacial score (nSPS) is 11.7. The number of hydrogen-bond donors (Lipinski definition) is 1. The zero-order valence-corrected chi connectivity index (χ0v) is 17.9. The van der Waals surface area contributed by atoms with Crippen molar-refractivity contribution in [1.29, 1.82) is 0 Å². The van der Waals surface area contributed by atoms with Gasteiger partial charge in [-0.1, -0.05) is 11.6 Å². The van der Waals surface area contributed by atoms with E-state index in [1.807, 2.05) is 12.1 Å². The Labute approximate surface area is 162 Å². The van der Waals surface area contributed by atoms with Gasteiger partial charge in [-0.3, -0.25) is 4.72 Å². The highest BCUT2D eigenvalue weighted by atomic mass is 127. The Morgan fingerprint density at radius 3 is 2.25 bits per heavy atom. The summed E-state index contributed by atoms with van der Waals surface area (Å²) in [6.45, 7) is 0. The molecule has 2 aromatic rings. The lowest BCUT2D eigenvalue weighted by atomic mass is 10.3. The molecule has 0 bridgehead atoms. The summed E-state index contributed by atoms with van der Waals surface area (Å²) >= 11 is 12.3. The SMILES string of the molecule is Cn1cnc(S(=O)(=O)Nc2c(I)cc(I)cc2I)c1Cl. The Balaban J connectivity index is 2.47. The number of hydrogen-bond acceptors (Lipinski definition) is 3. The van der Waals surface area contributed by atoms with Gasteiger partial charge < -0.3 is 4.57 Å². The highest BCUT2D eigenvalue weighted by molar-refractivity contribution is 14.1. The standard InChI is InChI=1S/C10H7ClI3N3O2S/c1-17-4-15-10(9(17)11)20(18,19)16-8-6(13)2-5(12)3-7(8)14/h2-4,16H,1H3. The molecule has 0 aliphatic heterocycles. The molecule has 0 unspecified atom stereocenters. The van der Waals surface area contributed by atoms with Crippen LogP contribution in [0.5, 0.6) is 0 Å². The first kappa shape index (κ1) is 17.0. The second-order valence-corrected chi connectivity index (χ2v) is 9.33. The Bertz CT molecular complexity index is 753. The molecule has 0 aliphatic carbocycles. The van der Waals surface area contributed by atoms with Crippen LogP contribution in [0.1, 0.15) is 0 Å². The van der Waals surface area contributed by atoms with Crippen LogP contribution in [-0.4, -0.2) is 18.0 Å². The smallest absolute Gasteiger partial charge is 0.282 e. The maximum Gasteiger partial charge on any atom is 0.282 e. The van der Waals surface area contributed by atoms with Crippen molar-refractivity contribution >= 4 is 95.1 Å². The number of halogens is 4. The van der Waals surface area contributed by atoms with Crippen molar-refractivity contribution in [3.05, 3.63) is 34.3 Å². The Morgan fingerprint density at radius 1 is 1.25 bits per heavy atom. The summed E-state index contributed by atoms with van der Waals surface area (Å²) in [5.74, 6) is 0. The van der Waals surface area contributed by atoms with E-state index in [9.17, 15) is 8.42 Å². The lowest BCUT2D eigenvalue weighted by Gasteiger charge is -2.11. The van der Waals surface area contributed by atoms with Crippen LogP contribution >= 0.6 is 79.4 Å². The molecule has 5 nitrogen and oxygen atoms in total. The molecule has 1 heterocycles. The van der Waals surface area contributed by atoms with Crippen LogP contribution in [0.15, 0.2) is 23.5 Å². The van der Waals surface area contributed by atoms with Crippen LogP contribution in [0.4, 0.5) is 5.69 Å². The minimum Gasteiger partial charge on any atom is -0.324 e. The van der Waals surface area contributed by atoms with Crippen molar-refractivity contribution < 1.29 is 8.42 Å². The van der Waals surface area contributed by atoms with E-state index in [1.165, 1.54) is 10.9 Å². The lowest BCUT2D eigenvalue weighted by molar-refractivity contribution is 0.598. The number of imidazole rings is 1. The van der Waals surface area contributed by atoms with E-state index in [2.05, 4.69) is 77.5 Å². The van der Waals surface area contributed by atoms with Crippen LogP contribution in [0, 0.1) is 10.7 Å². The first-order valence-electron chi connectivity index (χ1n) is 5.06. The number of aromatic nitrogens is 2. The molecule has 108 valence electrons. The van der Waals surface area contributed by atoms with Crippen molar-refractivity contribution in [2.45, 2.75) is 5.03 Å². The van der Waals surface area contributed by atoms with E-state index in [1.54, 1.807) is 7.05 Å². The second-order valence-electron chi connectivity index (χ2n) is 3.80. The summed E-state index contributed by atoms with van der Waals surface area (Å²) < 4.78 is 31.3. The third-order valence-electron chi connectivity index (χ3n) is 2.33. The average Bonchev–Trinajstić information content (AvgIpc) is 2.65. The molecule has 0 spiro atoms. The first-order chi connectivity index (χ1) is 9.22. The van der Waals surface area contributed by atoms with Crippen molar-refractivity contribution in [3.8, 4) is 0 Å². The Morgan fingerprint density at radius 2 is 1.80 bits per heavy atom. The zero-order chi connectivity index (χ0) is 15.1. The summed E-state index contributed by atoms with van der Waals surface area (Å²) in [6.07, 6.45) is 1.36. The molecular formula is C10H7ClI3N3O2S. The number of sulfonamides is 1. The van der Waals surface area contributed by atoms with Crippen molar-refractivity contribution in [2.24, 2.45) is 7.05 Å². The van der Waals surface area contributed by atoms with Gasteiger partial charge in [0.2, 0.25) is 5.03 Å². The molecule has 0 amide bonds. The predicted molar refractivity (Wildman–Crippen MR) is 104 cm³/mol. The third kappa shape index (κ3) is 3.52. The summed E-state index contributed by atoms with van der Waals surface area (Å²) in [7, 11) is -2.18. The van der Waals surface area contributed by atoms with E-state index in [0.29, 0.717) is 5.69 Å². The van der Waals surface area contributed by atoms with Gasteiger partial charge in [0.25, 0.3) is 10.0 Å². The highest BCUT2D eigenvalue weighted by Gasteiger charge is 2.24. The van der Waals surface area contributed by atoms with E-state index < -0.39 is 10.0 Å². The molecule has 10 heteroatoms. The largest absolute Gasteiger partial charge is 0.324 e. The van der Waals surface area contributed by atoms with Gasteiger partial charge in [0.1, 0.15) is 5.15 Å². The molecule has 0 saturated carbocycles. The fourth-order valence-electron chi connectivity index (χ4n) is 1.40. The number of rotatable bonds is 3. The molecular weight excluding hydrogens is 642 g/mol. The van der Waals surface area contributed by atoms with Crippen molar-refractivity contribution in [1.82, 2.24) is 9.55 Å². The van der Waals surface area contributed by atoms with Gasteiger partial charge in [-0.15, -0.1) is 0 Å². The van der Waals surface area contributed by atoms with Crippen LogP contribution < -0.4 is 4.72 Å². The molecule has 0 aliphatic rings. The fraction of sp³-hybridized carbons (Fsp3) is 0.100. The molecule has 0 fully saturated rings. The molecule has 20 heavy (non-hydrogen) atoms. The van der Waals surface area contributed by atoms with Gasteiger partial charge in [0.15, 0.2) is 0 Å². The molecule has 0 atom stereocenters. The number of benzene rings is 1. The van der Waals surface area contributed by atoms with Crippen LogP contribution in [0.2, 0.25) is 5.15 Å². The fourth-order valence-corrected chi connectivity index (χ4v) is 7.15. The number of anilines is 1. The molecule has 1 aromatic carbocycles. The maximum absolute atomic E-state index is 12.3. The third-order valence-corrected chi connectivity index (χ3v) is 6.49. The van der Waals surface area contributed by atoms with Gasteiger partial charge in [0, 0.05) is 17.8 Å². The van der Waals surface area contributed by atoms with E-state index >= 15 is 0 Å². The number of aryl methyl sites for hydroxylation is 1. The number of nitrogens with zero attached hydrogens (tertiary/aromatic N) is 2. The average molecular weight is 649 g/mol. The number of nitrogens with one attached hydrogen (secondary N) is 1. The van der Waals surface area contributed by atoms with Gasteiger partial charge in [-0.25, -0.2) is 4.98 Å². The molecule has 1 aromatic heterocycles. The predicted octanol–water partition coefficient (Wildman–Crippen LogP) is 3.69. The minimum absolute atomic E-state index is 0.0769. The van der Waals surface area contributed by atoms with E-state index in [0.717, 1.165) is 10.7 Å². The van der Waals surface area contributed by atoms with Gasteiger partial charge >= 0.3 is 0 Å². The van der Waals surface area contributed by atoms with Crippen molar-refractivity contribution in [2.75, 3.05) is 4.72 Å². The quantitative estimate of drug-likeness (QED) is 0.517. The zero-order valence-electron chi connectivity index (χ0n) is 9.86.